The van der Waals surface area contributed by atoms with Crippen molar-refractivity contribution in [2.45, 2.75) is 0 Å². The molecule has 2 aromatic carbocycles. The molecule has 0 aliphatic carbocycles. The van der Waals surface area contributed by atoms with Crippen LogP contribution in [-0.4, -0.2) is 37.4 Å². The van der Waals surface area contributed by atoms with E-state index < -0.39 is 17.4 Å². The first kappa shape index (κ1) is 21.0. The molecule has 27 heavy (non-hydrogen) atoms. The highest BCUT2D eigenvalue weighted by Gasteiger charge is 2.18. The van der Waals surface area contributed by atoms with Gasteiger partial charge in [-0.25, -0.2) is 8.78 Å². The van der Waals surface area contributed by atoms with E-state index in [1.807, 2.05) is 18.0 Å². The van der Waals surface area contributed by atoms with Crippen LogP contribution in [0.3, 0.4) is 0 Å². The topological polar surface area (TPSA) is 29.5 Å². The molecule has 0 atom stereocenters. The smallest absolute Gasteiger partial charge is 0.196 e. The van der Waals surface area contributed by atoms with Crippen molar-refractivity contribution in [3.05, 3.63) is 88.4 Å². The SMILES string of the molecule is C=CCN(C)CC=CCOc1cc(F)c(C(=O)c2ccc(Br)cc2)cc1F. The number of hydrogen-bond acceptors (Lipinski definition) is 3. The number of rotatable bonds is 9. The third kappa shape index (κ3) is 6.12. The number of nitrogens with zero attached hydrogens (tertiary/aromatic N) is 1. The molecule has 0 bridgehead atoms. The maximum absolute atomic E-state index is 14.3. The lowest BCUT2D eigenvalue weighted by Crippen LogP contribution is -2.17. The summed E-state index contributed by atoms with van der Waals surface area (Å²) in [6.07, 6.45) is 5.38. The van der Waals surface area contributed by atoms with Crippen LogP contribution in [0.15, 0.2) is 65.7 Å². The average Bonchev–Trinajstić information content (AvgIpc) is 2.64. The van der Waals surface area contributed by atoms with Crippen LogP contribution in [0.4, 0.5) is 8.78 Å². The van der Waals surface area contributed by atoms with Crippen molar-refractivity contribution in [2.75, 3.05) is 26.7 Å². The summed E-state index contributed by atoms with van der Waals surface area (Å²) in [5.41, 5.74) is -0.0551. The summed E-state index contributed by atoms with van der Waals surface area (Å²) < 4.78 is 34.6. The van der Waals surface area contributed by atoms with Gasteiger partial charge < -0.3 is 4.74 Å². The highest BCUT2D eigenvalue weighted by Crippen LogP contribution is 2.24. The minimum absolute atomic E-state index is 0.0955. The summed E-state index contributed by atoms with van der Waals surface area (Å²) in [6, 6.07) is 8.19. The number of ether oxygens (including phenoxy) is 1. The van der Waals surface area contributed by atoms with Gasteiger partial charge in [0.1, 0.15) is 12.4 Å². The lowest BCUT2D eigenvalue weighted by atomic mass is 10.0. The Balaban J connectivity index is 2.03. The summed E-state index contributed by atoms with van der Waals surface area (Å²) in [6.45, 7) is 5.18. The van der Waals surface area contributed by atoms with E-state index in [-0.39, 0.29) is 23.5 Å². The third-order valence-corrected chi connectivity index (χ3v) is 4.26. The van der Waals surface area contributed by atoms with E-state index in [0.717, 1.165) is 23.2 Å². The number of halogens is 3. The Kier molecular flexibility index (Phi) is 7.88. The van der Waals surface area contributed by atoms with E-state index in [4.69, 9.17) is 4.74 Å². The fourth-order valence-corrected chi connectivity index (χ4v) is 2.59. The summed E-state index contributed by atoms with van der Waals surface area (Å²) in [5, 5.41) is 0. The van der Waals surface area contributed by atoms with E-state index >= 15 is 0 Å². The van der Waals surface area contributed by atoms with Crippen LogP contribution in [0.25, 0.3) is 0 Å². The number of hydrogen-bond donors (Lipinski definition) is 0. The molecule has 0 aliphatic rings. The number of carbonyl (C=O) groups excluding carboxylic acids is 1. The fourth-order valence-electron chi connectivity index (χ4n) is 2.33. The predicted molar refractivity (Wildman–Crippen MR) is 106 cm³/mol. The van der Waals surface area contributed by atoms with Gasteiger partial charge >= 0.3 is 0 Å². The Morgan fingerprint density at radius 3 is 2.52 bits per heavy atom. The van der Waals surface area contributed by atoms with Gasteiger partial charge in [0.2, 0.25) is 0 Å². The maximum Gasteiger partial charge on any atom is 0.196 e. The first-order valence-electron chi connectivity index (χ1n) is 8.29. The second-order valence-corrected chi connectivity index (χ2v) is 6.81. The van der Waals surface area contributed by atoms with Crippen LogP contribution in [0.1, 0.15) is 15.9 Å². The van der Waals surface area contributed by atoms with Gasteiger partial charge in [-0.05, 0) is 37.4 Å². The molecule has 2 aromatic rings. The molecule has 2 rings (SSSR count). The molecule has 142 valence electrons. The number of carbonyl (C=O) groups is 1. The quantitative estimate of drug-likeness (QED) is 0.409. The highest BCUT2D eigenvalue weighted by molar-refractivity contribution is 9.10. The molecular weight excluding hydrogens is 416 g/mol. The first-order valence-corrected chi connectivity index (χ1v) is 9.08. The molecule has 0 amide bonds. The van der Waals surface area contributed by atoms with E-state index in [2.05, 4.69) is 22.5 Å². The molecule has 0 saturated carbocycles. The van der Waals surface area contributed by atoms with Gasteiger partial charge in [0.05, 0.1) is 5.56 Å². The van der Waals surface area contributed by atoms with E-state index in [0.29, 0.717) is 6.54 Å². The van der Waals surface area contributed by atoms with Crippen molar-refractivity contribution in [1.82, 2.24) is 4.90 Å². The van der Waals surface area contributed by atoms with Crippen LogP contribution < -0.4 is 4.74 Å². The molecule has 6 heteroatoms. The number of benzene rings is 2. The molecule has 3 nitrogen and oxygen atoms in total. The number of ketones is 1. The first-order chi connectivity index (χ1) is 12.9. The highest BCUT2D eigenvalue weighted by atomic mass is 79.9. The zero-order chi connectivity index (χ0) is 19.8. The second kappa shape index (κ2) is 10.1. The van der Waals surface area contributed by atoms with Gasteiger partial charge in [0, 0.05) is 29.2 Å². The van der Waals surface area contributed by atoms with Crippen LogP contribution in [0.5, 0.6) is 5.75 Å². The molecule has 0 saturated heterocycles. The Labute approximate surface area is 166 Å². The lowest BCUT2D eigenvalue weighted by Gasteiger charge is -2.11. The molecule has 0 unspecified atom stereocenters. The molecule has 0 heterocycles. The van der Waals surface area contributed by atoms with Gasteiger partial charge in [0.15, 0.2) is 17.3 Å². The Hall–Kier alpha value is -2.31. The molecule has 0 radical (unpaired) electrons. The summed E-state index contributed by atoms with van der Waals surface area (Å²) in [4.78, 5) is 14.4. The van der Waals surface area contributed by atoms with Crippen LogP contribution in [-0.2, 0) is 0 Å². The zero-order valence-electron chi connectivity index (χ0n) is 14.9. The second-order valence-electron chi connectivity index (χ2n) is 5.89. The van der Waals surface area contributed by atoms with Crippen LogP contribution in [0, 0.1) is 11.6 Å². The standard InChI is InChI=1S/C21H20BrF2NO2/c1-3-10-25(2)11-4-5-12-27-20-14-18(23)17(13-19(20)24)21(26)15-6-8-16(22)9-7-15/h3-9,13-14H,1,10-12H2,2H3. The fraction of sp³-hybridized carbons (Fsp3) is 0.190. The summed E-state index contributed by atoms with van der Waals surface area (Å²) in [7, 11) is 1.93. The van der Waals surface area contributed by atoms with E-state index in [1.165, 1.54) is 0 Å². The van der Waals surface area contributed by atoms with Gasteiger partial charge in [-0.2, -0.15) is 0 Å². The van der Waals surface area contributed by atoms with Crippen molar-refractivity contribution in [3.63, 3.8) is 0 Å². The maximum atomic E-state index is 14.3. The molecule has 0 N–H and O–H groups in total. The molecular formula is C21H20BrF2NO2. The molecule has 0 spiro atoms. The Bertz CT molecular complexity index is 835. The van der Waals surface area contributed by atoms with E-state index in [1.54, 1.807) is 36.4 Å². The largest absolute Gasteiger partial charge is 0.486 e. The van der Waals surface area contributed by atoms with Crippen molar-refractivity contribution in [3.8, 4) is 5.75 Å². The Morgan fingerprint density at radius 2 is 1.85 bits per heavy atom. The molecule has 0 aromatic heterocycles. The van der Waals surface area contributed by atoms with Gasteiger partial charge in [0.25, 0.3) is 0 Å². The normalized spacial score (nSPS) is 11.1. The summed E-state index contributed by atoms with van der Waals surface area (Å²) >= 11 is 3.26. The predicted octanol–water partition coefficient (Wildman–Crippen LogP) is 5.01. The van der Waals surface area contributed by atoms with Crippen molar-refractivity contribution >= 4 is 21.7 Å². The monoisotopic (exact) mass is 435 g/mol. The van der Waals surface area contributed by atoms with Gasteiger partial charge in [-0.15, -0.1) is 6.58 Å². The van der Waals surface area contributed by atoms with Gasteiger partial charge in [-0.3, -0.25) is 9.69 Å². The molecule has 0 fully saturated rings. The van der Waals surface area contributed by atoms with Crippen LogP contribution in [0.2, 0.25) is 0 Å². The lowest BCUT2D eigenvalue weighted by molar-refractivity contribution is 0.103. The summed E-state index contributed by atoms with van der Waals surface area (Å²) in [5.74, 6) is -2.43. The van der Waals surface area contributed by atoms with Crippen molar-refractivity contribution in [2.24, 2.45) is 0 Å². The average molecular weight is 436 g/mol. The van der Waals surface area contributed by atoms with Crippen LogP contribution >= 0.6 is 15.9 Å². The minimum Gasteiger partial charge on any atom is -0.486 e. The Morgan fingerprint density at radius 1 is 1.15 bits per heavy atom. The van der Waals surface area contributed by atoms with E-state index in [9.17, 15) is 13.6 Å². The number of likely N-dealkylation sites (N-methyl/N-ethyl adjacent to an activating group) is 1. The minimum atomic E-state index is -0.825. The van der Waals surface area contributed by atoms with Gasteiger partial charge in [-0.1, -0.05) is 34.2 Å². The van der Waals surface area contributed by atoms with Crippen molar-refractivity contribution < 1.29 is 18.3 Å². The van der Waals surface area contributed by atoms with Crippen molar-refractivity contribution in [1.29, 1.82) is 0 Å². The third-order valence-electron chi connectivity index (χ3n) is 3.73. The molecule has 0 aliphatic heterocycles. The zero-order valence-corrected chi connectivity index (χ0v) is 16.5.